The van der Waals surface area contributed by atoms with Crippen molar-refractivity contribution in [3.8, 4) is 0 Å². The van der Waals surface area contributed by atoms with E-state index < -0.39 is 18.1 Å². The summed E-state index contributed by atoms with van der Waals surface area (Å²) in [5, 5.41) is 0. The molecular weight excluding hydrogens is 246 g/mol. The van der Waals surface area contributed by atoms with Crippen molar-refractivity contribution in [2.75, 3.05) is 13.7 Å². The summed E-state index contributed by atoms with van der Waals surface area (Å²) in [6, 6.07) is 8.72. The highest BCUT2D eigenvalue weighted by atomic mass is 16.6. The second-order valence-electron chi connectivity index (χ2n) is 4.01. The zero-order valence-corrected chi connectivity index (χ0v) is 11.5. The predicted octanol–water partition coefficient (Wildman–Crippen LogP) is 2.21. The molecule has 5 nitrogen and oxygen atoms in total. The molecule has 0 aliphatic heterocycles. The Hall–Kier alpha value is -2.04. The fourth-order valence-corrected chi connectivity index (χ4v) is 1.65. The first-order chi connectivity index (χ1) is 9.10. The van der Waals surface area contributed by atoms with E-state index in [9.17, 15) is 9.59 Å². The quantitative estimate of drug-likeness (QED) is 0.766. The monoisotopic (exact) mass is 265 g/mol. The molecule has 1 rings (SSSR count). The number of nitrogens with zero attached hydrogens (tertiary/aromatic N) is 1. The van der Waals surface area contributed by atoms with Crippen LogP contribution in [-0.4, -0.2) is 36.7 Å². The van der Waals surface area contributed by atoms with Crippen LogP contribution in [0.3, 0.4) is 0 Å². The van der Waals surface area contributed by atoms with Crippen LogP contribution in [0.25, 0.3) is 0 Å². The highest BCUT2D eigenvalue weighted by molar-refractivity contribution is 5.81. The Balaban J connectivity index is 2.83. The number of carbonyl (C=O) groups is 2. The predicted molar refractivity (Wildman–Crippen MR) is 70.5 cm³/mol. The first-order valence-electron chi connectivity index (χ1n) is 6.15. The van der Waals surface area contributed by atoms with Gasteiger partial charge in [0.1, 0.15) is 6.04 Å². The van der Waals surface area contributed by atoms with Gasteiger partial charge < -0.3 is 9.47 Å². The average molecular weight is 265 g/mol. The van der Waals surface area contributed by atoms with Crippen molar-refractivity contribution in [3.05, 3.63) is 35.9 Å². The molecule has 0 spiro atoms. The number of carbonyl (C=O) groups excluding carboxylic acids is 2. The summed E-state index contributed by atoms with van der Waals surface area (Å²) in [7, 11) is 1.29. The number of esters is 1. The molecule has 0 fully saturated rings. The lowest BCUT2D eigenvalue weighted by Crippen LogP contribution is -2.43. The van der Waals surface area contributed by atoms with Gasteiger partial charge in [-0.1, -0.05) is 30.3 Å². The summed E-state index contributed by atoms with van der Waals surface area (Å²) >= 11 is 0. The van der Waals surface area contributed by atoms with E-state index in [4.69, 9.17) is 9.47 Å². The molecule has 0 aromatic heterocycles. The smallest absolute Gasteiger partial charge is 0.410 e. The number of methoxy groups -OCH3 is 1. The first kappa shape index (κ1) is 15.0. The zero-order valence-electron chi connectivity index (χ0n) is 11.5. The minimum absolute atomic E-state index is 0.281. The minimum atomic E-state index is -0.687. The number of hydrogen-bond donors (Lipinski definition) is 0. The highest BCUT2D eigenvalue weighted by Crippen LogP contribution is 2.11. The van der Waals surface area contributed by atoms with Gasteiger partial charge in [-0.05, 0) is 19.4 Å². The van der Waals surface area contributed by atoms with E-state index >= 15 is 0 Å². The fourth-order valence-electron chi connectivity index (χ4n) is 1.65. The van der Waals surface area contributed by atoms with Crippen LogP contribution in [0.4, 0.5) is 4.79 Å². The number of benzene rings is 1. The Morgan fingerprint density at radius 3 is 2.42 bits per heavy atom. The second kappa shape index (κ2) is 7.41. The van der Waals surface area contributed by atoms with Crippen LogP contribution in [0.1, 0.15) is 19.4 Å². The minimum Gasteiger partial charge on any atom is -0.464 e. The van der Waals surface area contributed by atoms with E-state index in [0.29, 0.717) is 6.54 Å². The van der Waals surface area contributed by atoms with Crippen molar-refractivity contribution in [1.29, 1.82) is 0 Å². The van der Waals surface area contributed by atoms with Crippen LogP contribution in [0, 0.1) is 0 Å². The molecular formula is C14H19NO4. The highest BCUT2D eigenvalue weighted by Gasteiger charge is 2.27. The van der Waals surface area contributed by atoms with E-state index in [1.54, 1.807) is 13.8 Å². The number of amides is 1. The van der Waals surface area contributed by atoms with Crippen molar-refractivity contribution >= 4 is 12.1 Å². The molecule has 0 bridgehead atoms. The van der Waals surface area contributed by atoms with E-state index in [0.717, 1.165) is 5.56 Å². The summed E-state index contributed by atoms with van der Waals surface area (Å²) < 4.78 is 9.64. The van der Waals surface area contributed by atoms with Gasteiger partial charge in [0.15, 0.2) is 0 Å². The molecule has 0 aliphatic rings. The molecule has 1 aromatic carbocycles. The molecule has 0 heterocycles. The summed E-state index contributed by atoms with van der Waals surface area (Å²) in [4.78, 5) is 24.8. The Kier molecular flexibility index (Phi) is 5.85. The van der Waals surface area contributed by atoms with Crippen LogP contribution in [0.2, 0.25) is 0 Å². The lowest BCUT2D eigenvalue weighted by molar-refractivity contribution is -0.148. The molecule has 5 heteroatoms. The summed E-state index contributed by atoms with van der Waals surface area (Å²) in [5.74, 6) is -0.441. The van der Waals surface area contributed by atoms with Gasteiger partial charge in [0, 0.05) is 6.54 Å². The van der Waals surface area contributed by atoms with E-state index in [1.165, 1.54) is 12.0 Å². The lowest BCUT2D eigenvalue weighted by Gasteiger charge is -2.26. The Morgan fingerprint density at radius 1 is 1.26 bits per heavy atom. The molecule has 1 atom stereocenters. The molecule has 1 aromatic rings. The molecule has 0 saturated heterocycles. The number of hydrogen-bond acceptors (Lipinski definition) is 4. The van der Waals surface area contributed by atoms with Gasteiger partial charge in [0.2, 0.25) is 0 Å². The third-order valence-corrected chi connectivity index (χ3v) is 2.70. The Bertz CT molecular complexity index is 419. The summed E-state index contributed by atoms with van der Waals surface area (Å²) in [6.45, 7) is 3.93. The molecule has 104 valence electrons. The average Bonchev–Trinajstić information content (AvgIpc) is 2.44. The van der Waals surface area contributed by atoms with Crippen LogP contribution in [0.5, 0.6) is 0 Å². The standard InChI is InChI=1S/C14H19NO4/c1-4-19-13(16)11(2)15(14(17)18-3)10-12-8-6-5-7-9-12/h5-9,11H,4,10H2,1-3H3. The summed E-state index contributed by atoms with van der Waals surface area (Å²) in [5.41, 5.74) is 0.920. The van der Waals surface area contributed by atoms with Gasteiger partial charge in [-0.15, -0.1) is 0 Å². The maximum Gasteiger partial charge on any atom is 0.410 e. The van der Waals surface area contributed by atoms with Crippen LogP contribution < -0.4 is 0 Å². The maximum atomic E-state index is 11.8. The Morgan fingerprint density at radius 2 is 1.89 bits per heavy atom. The number of rotatable bonds is 5. The molecule has 0 aliphatic carbocycles. The third kappa shape index (κ3) is 4.28. The van der Waals surface area contributed by atoms with E-state index in [2.05, 4.69) is 0 Å². The molecule has 0 saturated carbocycles. The van der Waals surface area contributed by atoms with Crippen LogP contribution in [0.15, 0.2) is 30.3 Å². The van der Waals surface area contributed by atoms with Crippen molar-refractivity contribution < 1.29 is 19.1 Å². The van der Waals surface area contributed by atoms with Crippen molar-refractivity contribution in [1.82, 2.24) is 4.90 Å². The van der Waals surface area contributed by atoms with Gasteiger partial charge in [0.05, 0.1) is 13.7 Å². The molecule has 1 amide bonds. The van der Waals surface area contributed by atoms with Crippen LogP contribution in [-0.2, 0) is 20.8 Å². The molecule has 0 N–H and O–H groups in total. The molecule has 19 heavy (non-hydrogen) atoms. The SMILES string of the molecule is CCOC(=O)C(C)N(Cc1ccccc1)C(=O)OC. The third-order valence-electron chi connectivity index (χ3n) is 2.70. The zero-order chi connectivity index (χ0) is 14.3. The maximum absolute atomic E-state index is 11.8. The largest absolute Gasteiger partial charge is 0.464 e. The van der Waals surface area contributed by atoms with Gasteiger partial charge in [-0.3, -0.25) is 4.90 Å². The molecule has 1 unspecified atom stereocenters. The summed E-state index contributed by atoms with van der Waals surface area (Å²) in [6.07, 6.45) is -0.551. The Labute approximate surface area is 113 Å². The topological polar surface area (TPSA) is 55.8 Å². The van der Waals surface area contributed by atoms with Crippen molar-refractivity contribution in [2.45, 2.75) is 26.4 Å². The fraction of sp³-hybridized carbons (Fsp3) is 0.429. The van der Waals surface area contributed by atoms with Gasteiger partial charge >= 0.3 is 12.1 Å². The van der Waals surface area contributed by atoms with Gasteiger partial charge in [0.25, 0.3) is 0 Å². The first-order valence-corrected chi connectivity index (χ1v) is 6.15. The molecule has 0 radical (unpaired) electrons. The second-order valence-corrected chi connectivity index (χ2v) is 4.01. The van der Waals surface area contributed by atoms with Crippen molar-refractivity contribution in [3.63, 3.8) is 0 Å². The number of ether oxygens (including phenoxy) is 2. The van der Waals surface area contributed by atoms with Gasteiger partial charge in [-0.25, -0.2) is 9.59 Å². The van der Waals surface area contributed by atoms with Crippen LogP contribution >= 0.6 is 0 Å². The van der Waals surface area contributed by atoms with Crippen molar-refractivity contribution in [2.24, 2.45) is 0 Å². The van der Waals surface area contributed by atoms with E-state index in [-0.39, 0.29) is 6.61 Å². The normalized spacial score (nSPS) is 11.5. The lowest BCUT2D eigenvalue weighted by atomic mass is 10.2. The van der Waals surface area contributed by atoms with Gasteiger partial charge in [-0.2, -0.15) is 0 Å². The van der Waals surface area contributed by atoms with E-state index in [1.807, 2.05) is 30.3 Å².